The molecule has 5 nitrogen and oxygen atoms in total. The summed E-state index contributed by atoms with van der Waals surface area (Å²) in [5.74, 6) is 1.85. The zero-order valence-corrected chi connectivity index (χ0v) is 30.3. The van der Waals surface area contributed by atoms with E-state index in [-0.39, 0.29) is 0 Å². The Morgan fingerprint density at radius 2 is 0.571 bits per heavy atom. The Morgan fingerprint density at radius 3 is 1.00 bits per heavy atom. The predicted octanol–water partition coefficient (Wildman–Crippen LogP) is 12.7. The maximum Gasteiger partial charge on any atom is 0.164 e. The van der Waals surface area contributed by atoms with Crippen LogP contribution in [0.3, 0.4) is 0 Å². The standard InChI is InChI=1S/C51H33N5/c1-2-14-34(15-3-1)35-28-30-36(31-29-35)49-52-50(37-16-12-18-39(32-37)55-45-24-8-4-20-41(45)42-21-5-9-25-46(42)55)54-51(53-49)38-17-13-19-40(33-38)56-47-26-10-6-22-43(47)44-23-7-11-27-48(44)56/h1-33H. The van der Waals surface area contributed by atoms with Gasteiger partial charge in [0.15, 0.2) is 17.5 Å². The summed E-state index contributed by atoms with van der Waals surface area (Å²) in [7, 11) is 0. The molecule has 0 aliphatic heterocycles. The molecular formula is C51H33N5. The first-order valence-electron chi connectivity index (χ1n) is 18.9. The van der Waals surface area contributed by atoms with Crippen molar-refractivity contribution in [3.05, 3.63) is 200 Å². The minimum Gasteiger partial charge on any atom is -0.309 e. The van der Waals surface area contributed by atoms with Crippen LogP contribution < -0.4 is 0 Å². The molecule has 0 aliphatic carbocycles. The van der Waals surface area contributed by atoms with Crippen LogP contribution in [0.4, 0.5) is 0 Å². The maximum absolute atomic E-state index is 5.22. The van der Waals surface area contributed by atoms with E-state index in [1.54, 1.807) is 0 Å². The summed E-state index contributed by atoms with van der Waals surface area (Å²) in [4.78, 5) is 15.6. The average molecular weight is 716 g/mol. The van der Waals surface area contributed by atoms with Gasteiger partial charge < -0.3 is 9.13 Å². The van der Waals surface area contributed by atoms with Crippen LogP contribution in [-0.2, 0) is 0 Å². The molecule has 0 saturated heterocycles. The summed E-state index contributed by atoms with van der Waals surface area (Å²) in [6.45, 7) is 0. The number of hydrogen-bond donors (Lipinski definition) is 0. The topological polar surface area (TPSA) is 48.5 Å². The highest BCUT2D eigenvalue weighted by Crippen LogP contribution is 2.36. The summed E-state index contributed by atoms with van der Waals surface area (Å²) in [6.07, 6.45) is 0. The average Bonchev–Trinajstić information content (AvgIpc) is 3.80. The van der Waals surface area contributed by atoms with Crippen molar-refractivity contribution < 1.29 is 0 Å². The van der Waals surface area contributed by atoms with E-state index in [0.29, 0.717) is 17.5 Å². The van der Waals surface area contributed by atoms with Crippen LogP contribution in [0.15, 0.2) is 200 Å². The van der Waals surface area contributed by atoms with Gasteiger partial charge in [-0.1, -0.05) is 152 Å². The van der Waals surface area contributed by atoms with Gasteiger partial charge >= 0.3 is 0 Å². The van der Waals surface area contributed by atoms with Crippen molar-refractivity contribution >= 4 is 43.6 Å². The number of para-hydroxylation sites is 4. The Bertz CT molecular complexity index is 2970. The highest BCUT2D eigenvalue weighted by molar-refractivity contribution is 6.10. The van der Waals surface area contributed by atoms with Gasteiger partial charge in [0, 0.05) is 49.6 Å². The van der Waals surface area contributed by atoms with E-state index in [1.807, 2.05) is 6.07 Å². The molecule has 3 heterocycles. The molecule has 0 unspecified atom stereocenters. The lowest BCUT2D eigenvalue weighted by Crippen LogP contribution is -2.02. The molecule has 8 aromatic carbocycles. The summed E-state index contributed by atoms with van der Waals surface area (Å²) in [6, 6.07) is 70.3. The molecule has 56 heavy (non-hydrogen) atoms. The molecule has 11 rings (SSSR count). The fraction of sp³-hybridized carbons (Fsp3) is 0. The molecule has 0 bridgehead atoms. The van der Waals surface area contributed by atoms with Gasteiger partial charge in [-0.2, -0.15) is 0 Å². The number of rotatable bonds is 6. The second-order valence-electron chi connectivity index (χ2n) is 14.1. The van der Waals surface area contributed by atoms with Crippen molar-refractivity contribution in [1.29, 1.82) is 0 Å². The number of nitrogens with zero attached hydrogens (tertiary/aromatic N) is 5. The van der Waals surface area contributed by atoms with E-state index >= 15 is 0 Å². The third-order valence-corrected chi connectivity index (χ3v) is 10.8. The SMILES string of the molecule is c1ccc(-c2ccc(-c3nc(-c4cccc(-n5c6ccccc6c6ccccc65)c4)nc(-c4cccc(-n5c6ccccc6c6ccccc65)c4)n3)cc2)cc1. The first-order valence-corrected chi connectivity index (χ1v) is 18.9. The lowest BCUT2D eigenvalue weighted by molar-refractivity contribution is 1.07. The first kappa shape index (κ1) is 31.9. The Morgan fingerprint density at radius 1 is 0.250 bits per heavy atom. The number of hydrogen-bond acceptors (Lipinski definition) is 3. The summed E-state index contributed by atoms with van der Waals surface area (Å²) >= 11 is 0. The first-order chi connectivity index (χ1) is 27.8. The predicted molar refractivity (Wildman–Crippen MR) is 230 cm³/mol. The van der Waals surface area contributed by atoms with E-state index in [4.69, 9.17) is 15.0 Å². The third kappa shape index (κ3) is 5.29. The zero-order valence-electron chi connectivity index (χ0n) is 30.3. The quantitative estimate of drug-likeness (QED) is 0.172. The molecule has 0 fully saturated rings. The minimum absolute atomic E-state index is 0.613. The normalized spacial score (nSPS) is 11.6. The molecule has 0 saturated carbocycles. The van der Waals surface area contributed by atoms with Gasteiger partial charge in [0.05, 0.1) is 22.1 Å². The third-order valence-electron chi connectivity index (χ3n) is 10.8. The van der Waals surface area contributed by atoms with Crippen molar-refractivity contribution in [3.8, 4) is 56.7 Å². The number of aromatic nitrogens is 5. The molecule has 0 amide bonds. The lowest BCUT2D eigenvalue weighted by atomic mass is 10.0. The molecule has 0 spiro atoms. The van der Waals surface area contributed by atoms with Gasteiger partial charge in [-0.3, -0.25) is 0 Å². The summed E-state index contributed by atoms with van der Waals surface area (Å²) < 4.78 is 4.66. The van der Waals surface area contributed by atoms with Gasteiger partial charge in [0.2, 0.25) is 0 Å². The molecule has 3 aromatic heterocycles. The summed E-state index contributed by atoms with van der Waals surface area (Å²) in [5, 5.41) is 4.89. The Labute approximate surface area is 323 Å². The fourth-order valence-electron chi connectivity index (χ4n) is 8.18. The van der Waals surface area contributed by atoms with Gasteiger partial charge in [-0.05, 0) is 59.7 Å². The Balaban J connectivity index is 1.09. The maximum atomic E-state index is 5.22. The zero-order chi connectivity index (χ0) is 37.0. The summed E-state index contributed by atoms with van der Waals surface area (Å²) in [5.41, 5.74) is 11.8. The molecule has 5 heteroatoms. The monoisotopic (exact) mass is 715 g/mol. The fourth-order valence-corrected chi connectivity index (χ4v) is 8.18. The van der Waals surface area contributed by atoms with Crippen molar-refractivity contribution in [2.24, 2.45) is 0 Å². The molecular weight excluding hydrogens is 683 g/mol. The molecule has 0 aliphatic rings. The van der Waals surface area contributed by atoms with Crippen LogP contribution in [0.2, 0.25) is 0 Å². The van der Waals surface area contributed by atoms with Gasteiger partial charge in [-0.25, -0.2) is 15.0 Å². The van der Waals surface area contributed by atoms with Crippen LogP contribution in [0, 0.1) is 0 Å². The molecule has 11 aromatic rings. The molecule has 0 atom stereocenters. The second kappa shape index (κ2) is 13.0. The number of benzene rings is 8. The van der Waals surface area contributed by atoms with Crippen molar-refractivity contribution in [3.63, 3.8) is 0 Å². The van der Waals surface area contributed by atoms with Crippen LogP contribution in [0.1, 0.15) is 0 Å². The smallest absolute Gasteiger partial charge is 0.164 e. The van der Waals surface area contributed by atoms with Gasteiger partial charge in [0.25, 0.3) is 0 Å². The van der Waals surface area contributed by atoms with E-state index in [2.05, 4.69) is 203 Å². The Kier molecular flexibility index (Phi) is 7.42. The Hall–Kier alpha value is -7.63. The van der Waals surface area contributed by atoms with Crippen LogP contribution in [-0.4, -0.2) is 24.1 Å². The van der Waals surface area contributed by atoms with E-state index in [0.717, 1.165) is 55.7 Å². The van der Waals surface area contributed by atoms with Crippen molar-refractivity contribution in [2.75, 3.05) is 0 Å². The van der Waals surface area contributed by atoms with Crippen molar-refractivity contribution in [2.45, 2.75) is 0 Å². The lowest BCUT2D eigenvalue weighted by Gasteiger charge is -2.13. The van der Waals surface area contributed by atoms with E-state index in [1.165, 1.54) is 27.1 Å². The van der Waals surface area contributed by atoms with E-state index in [9.17, 15) is 0 Å². The van der Waals surface area contributed by atoms with Crippen LogP contribution in [0.25, 0.3) is 100 Å². The largest absolute Gasteiger partial charge is 0.309 e. The molecule has 0 radical (unpaired) electrons. The second-order valence-corrected chi connectivity index (χ2v) is 14.1. The molecule has 0 N–H and O–H groups in total. The minimum atomic E-state index is 0.613. The molecule has 262 valence electrons. The van der Waals surface area contributed by atoms with Crippen LogP contribution >= 0.6 is 0 Å². The number of fused-ring (bicyclic) bond motifs is 6. The highest BCUT2D eigenvalue weighted by Gasteiger charge is 2.17. The van der Waals surface area contributed by atoms with Crippen LogP contribution in [0.5, 0.6) is 0 Å². The van der Waals surface area contributed by atoms with Gasteiger partial charge in [-0.15, -0.1) is 0 Å². The van der Waals surface area contributed by atoms with Gasteiger partial charge in [0.1, 0.15) is 0 Å². The highest BCUT2D eigenvalue weighted by atomic mass is 15.0. The van der Waals surface area contributed by atoms with Crippen molar-refractivity contribution in [1.82, 2.24) is 24.1 Å². The van der Waals surface area contributed by atoms with E-state index < -0.39 is 0 Å².